The predicted molar refractivity (Wildman–Crippen MR) is 46.6 cm³/mol. The van der Waals surface area contributed by atoms with E-state index in [4.69, 9.17) is 14.3 Å². The molecule has 0 saturated carbocycles. The number of hydrogen-bond donors (Lipinski definition) is 1. The van der Waals surface area contributed by atoms with Crippen LogP contribution in [0.15, 0.2) is 29.0 Å². The standard InChI is InChI=1S/C9H9NO3/c11-3-4-12-7-1-2-8-9(5-7)13-6-10-8/h1-2,5-6,11H,3-4H2. The Hall–Kier alpha value is -1.55. The lowest BCUT2D eigenvalue weighted by Crippen LogP contribution is -2.01. The van der Waals surface area contributed by atoms with Crippen molar-refractivity contribution >= 4 is 11.1 Å². The lowest BCUT2D eigenvalue weighted by atomic mass is 10.3. The van der Waals surface area contributed by atoms with Crippen LogP contribution in [0, 0.1) is 0 Å². The molecule has 0 amide bonds. The van der Waals surface area contributed by atoms with Crippen molar-refractivity contribution in [3.05, 3.63) is 24.6 Å². The van der Waals surface area contributed by atoms with Gasteiger partial charge in [-0.1, -0.05) is 0 Å². The highest BCUT2D eigenvalue weighted by molar-refractivity contribution is 5.73. The first-order chi connectivity index (χ1) is 6.40. The first kappa shape index (κ1) is 8.07. The second-order valence-electron chi connectivity index (χ2n) is 2.55. The fourth-order valence-electron chi connectivity index (χ4n) is 1.09. The number of aliphatic hydroxyl groups is 1. The Labute approximate surface area is 74.8 Å². The van der Waals surface area contributed by atoms with Gasteiger partial charge in [0, 0.05) is 6.07 Å². The Morgan fingerprint density at radius 2 is 2.38 bits per heavy atom. The zero-order valence-electron chi connectivity index (χ0n) is 6.93. The minimum Gasteiger partial charge on any atom is -0.491 e. The minimum absolute atomic E-state index is 0.00837. The summed E-state index contributed by atoms with van der Waals surface area (Å²) in [4.78, 5) is 3.97. The number of ether oxygens (including phenoxy) is 1. The van der Waals surface area contributed by atoms with Crippen molar-refractivity contribution in [2.75, 3.05) is 13.2 Å². The minimum atomic E-state index is 0.00837. The van der Waals surface area contributed by atoms with Crippen LogP contribution in [0.25, 0.3) is 11.1 Å². The highest BCUT2D eigenvalue weighted by Crippen LogP contribution is 2.19. The number of nitrogens with zero attached hydrogens (tertiary/aromatic N) is 1. The van der Waals surface area contributed by atoms with Gasteiger partial charge in [-0.3, -0.25) is 0 Å². The lowest BCUT2D eigenvalue weighted by Gasteiger charge is -2.02. The van der Waals surface area contributed by atoms with Crippen LogP contribution < -0.4 is 4.74 Å². The Kier molecular flexibility index (Phi) is 2.14. The average molecular weight is 179 g/mol. The third-order valence-corrected chi connectivity index (χ3v) is 1.66. The Balaban J connectivity index is 2.26. The van der Waals surface area contributed by atoms with Crippen molar-refractivity contribution in [2.45, 2.75) is 0 Å². The molecule has 2 aromatic rings. The number of rotatable bonds is 3. The van der Waals surface area contributed by atoms with E-state index in [1.807, 2.05) is 6.07 Å². The zero-order chi connectivity index (χ0) is 9.10. The number of aromatic nitrogens is 1. The summed E-state index contributed by atoms with van der Waals surface area (Å²) in [5.41, 5.74) is 1.49. The topological polar surface area (TPSA) is 55.5 Å². The normalized spacial score (nSPS) is 10.5. The van der Waals surface area contributed by atoms with Gasteiger partial charge in [0.1, 0.15) is 17.9 Å². The Bertz CT molecular complexity index is 396. The van der Waals surface area contributed by atoms with Crippen molar-refractivity contribution in [3.63, 3.8) is 0 Å². The second kappa shape index (κ2) is 3.45. The predicted octanol–water partition coefficient (Wildman–Crippen LogP) is 1.20. The molecule has 0 bridgehead atoms. The highest BCUT2D eigenvalue weighted by Gasteiger charge is 1.99. The zero-order valence-corrected chi connectivity index (χ0v) is 6.93. The van der Waals surface area contributed by atoms with E-state index >= 15 is 0 Å². The third kappa shape index (κ3) is 1.62. The van der Waals surface area contributed by atoms with Gasteiger partial charge in [0.15, 0.2) is 12.0 Å². The molecule has 0 aliphatic heterocycles. The maximum Gasteiger partial charge on any atom is 0.181 e. The summed E-state index contributed by atoms with van der Waals surface area (Å²) in [6.07, 6.45) is 1.39. The van der Waals surface area contributed by atoms with Gasteiger partial charge >= 0.3 is 0 Å². The molecule has 0 aliphatic carbocycles. The quantitative estimate of drug-likeness (QED) is 0.769. The van der Waals surface area contributed by atoms with Crippen molar-refractivity contribution in [2.24, 2.45) is 0 Å². The molecule has 4 nitrogen and oxygen atoms in total. The van der Waals surface area contributed by atoms with Crippen LogP contribution in [0.2, 0.25) is 0 Å². The van der Waals surface area contributed by atoms with Gasteiger partial charge < -0.3 is 14.3 Å². The third-order valence-electron chi connectivity index (χ3n) is 1.66. The smallest absolute Gasteiger partial charge is 0.181 e. The summed E-state index contributed by atoms with van der Waals surface area (Å²) in [5, 5.41) is 8.54. The summed E-state index contributed by atoms with van der Waals surface area (Å²) >= 11 is 0. The fraction of sp³-hybridized carbons (Fsp3) is 0.222. The molecule has 0 saturated heterocycles. The second-order valence-corrected chi connectivity index (χ2v) is 2.55. The van der Waals surface area contributed by atoms with Crippen LogP contribution >= 0.6 is 0 Å². The van der Waals surface area contributed by atoms with Crippen LogP contribution in [0.1, 0.15) is 0 Å². The van der Waals surface area contributed by atoms with Crippen molar-refractivity contribution < 1.29 is 14.3 Å². The van der Waals surface area contributed by atoms with Crippen molar-refractivity contribution in [1.82, 2.24) is 4.98 Å². The molecule has 13 heavy (non-hydrogen) atoms. The molecule has 68 valence electrons. The number of hydrogen-bond acceptors (Lipinski definition) is 4. The van der Waals surface area contributed by atoms with Crippen molar-refractivity contribution in [1.29, 1.82) is 0 Å². The summed E-state index contributed by atoms with van der Waals surface area (Å²) in [7, 11) is 0. The van der Waals surface area contributed by atoms with E-state index in [9.17, 15) is 0 Å². The van der Waals surface area contributed by atoms with Gasteiger partial charge in [-0.25, -0.2) is 4.98 Å². The number of oxazole rings is 1. The van der Waals surface area contributed by atoms with E-state index in [-0.39, 0.29) is 6.61 Å². The number of benzene rings is 1. The van der Waals surface area contributed by atoms with Gasteiger partial charge in [-0.15, -0.1) is 0 Å². The molecule has 2 rings (SSSR count). The van der Waals surface area contributed by atoms with Crippen LogP contribution in [0.4, 0.5) is 0 Å². The molecule has 1 aromatic heterocycles. The Morgan fingerprint density at radius 3 is 3.23 bits per heavy atom. The van der Waals surface area contributed by atoms with E-state index in [1.54, 1.807) is 12.1 Å². The maximum atomic E-state index is 8.54. The van der Waals surface area contributed by atoms with Crippen LogP contribution in [-0.4, -0.2) is 23.3 Å². The largest absolute Gasteiger partial charge is 0.491 e. The van der Waals surface area contributed by atoms with E-state index < -0.39 is 0 Å². The summed E-state index contributed by atoms with van der Waals surface area (Å²) in [5.74, 6) is 0.679. The lowest BCUT2D eigenvalue weighted by molar-refractivity contribution is 0.201. The van der Waals surface area contributed by atoms with Crippen LogP contribution in [-0.2, 0) is 0 Å². The van der Waals surface area contributed by atoms with Crippen molar-refractivity contribution in [3.8, 4) is 5.75 Å². The summed E-state index contributed by atoms with van der Waals surface area (Å²) in [6.45, 7) is 0.300. The monoisotopic (exact) mass is 179 g/mol. The molecule has 0 unspecified atom stereocenters. The maximum absolute atomic E-state index is 8.54. The first-order valence-corrected chi connectivity index (χ1v) is 3.97. The molecule has 0 atom stereocenters. The van der Waals surface area contributed by atoms with Gasteiger partial charge in [-0.2, -0.15) is 0 Å². The highest BCUT2D eigenvalue weighted by atomic mass is 16.5. The van der Waals surface area contributed by atoms with E-state index in [2.05, 4.69) is 4.98 Å². The molecule has 4 heteroatoms. The van der Waals surface area contributed by atoms with Gasteiger partial charge in [-0.05, 0) is 12.1 Å². The van der Waals surface area contributed by atoms with E-state index in [0.717, 1.165) is 5.52 Å². The Morgan fingerprint density at radius 1 is 1.46 bits per heavy atom. The average Bonchev–Trinajstić information content (AvgIpc) is 2.61. The van der Waals surface area contributed by atoms with Crippen LogP contribution in [0.5, 0.6) is 5.75 Å². The molecule has 0 spiro atoms. The molecule has 1 aromatic carbocycles. The summed E-state index contributed by atoms with van der Waals surface area (Å²) < 4.78 is 10.3. The van der Waals surface area contributed by atoms with Crippen LogP contribution in [0.3, 0.4) is 0 Å². The molecular weight excluding hydrogens is 170 g/mol. The molecule has 1 N–H and O–H groups in total. The molecular formula is C9H9NO3. The summed E-state index contributed by atoms with van der Waals surface area (Å²) in [6, 6.07) is 5.35. The molecule has 0 fully saturated rings. The SMILES string of the molecule is OCCOc1ccc2ncoc2c1. The van der Waals surface area contributed by atoms with E-state index in [1.165, 1.54) is 6.39 Å². The molecule has 0 aliphatic rings. The van der Waals surface area contributed by atoms with Gasteiger partial charge in [0.2, 0.25) is 0 Å². The van der Waals surface area contributed by atoms with Gasteiger partial charge in [0.25, 0.3) is 0 Å². The number of aliphatic hydroxyl groups excluding tert-OH is 1. The molecule has 1 heterocycles. The fourth-order valence-corrected chi connectivity index (χ4v) is 1.09. The molecule has 0 radical (unpaired) electrons. The van der Waals surface area contributed by atoms with Gasteiger partial charge in [0.05, 0.1) is 6.61 Å². The van der Waals surface area contributed by atoms with E-state index in [0.29, 0.717) is 17.9 Å². The first-order valence-electron chi connectivity index (χ1n) is 3.97. The number of fused-ring (bicyclic) bond motifs is 1.